The van der Waals surface area contributed by atoms with Crippen LogP contribution in [0.25, 0.3) is 11.1 Å². The fourth-order valence-electron chi connectivity index (χ4n) is 4.44. The first-order chi connectivity index (χ1) is 13.8. The minimum atomic E-state index is -3.26. The lowest BCUT2D eigenvalue weighted by molar-refractivity contribution is -0.133. The van der Waals surface area contributed by atoms with E-state index < -0.39 is 10.0 Å². The van der Waals surface area contributed by atoms with Gasteiger partial charge in [-0.1, -0.05) is 54.1 Å². The predicted molar refractivity (Wildman–Crippen MR) is 115 cm³/mol. The van der Waals surface area contributed by atoms with E-state index in [1.165, 1.54) is 28.5 Å². The lowest BCUT2D eigenvalue weighted by atomic mass is 9.95. The molecule has 0 bridgehead atoms. The molecule has 4 rings (SSSR count). The molecule has 6 heteroatoms. The van der Waals surface area contributed by atoms with Crippen molar-refractivity contribution < 1.29 is 13.2 Å². The molecule has 1 saturated heterocycles. The third kappa shape index (κ3) is 4.70. The first kappa shape index (κ1) is 20.1. The van der Waals surface area contributed by atoms with Crippen LogP contribution in [-0.4, -0.2) is 44.6 Å². The summed E-state index contributed by atoms with van der Waals surface area (Å²) in [5.41, 5.74) is 4.84. The van der Waals surface area contributed by atoms with Gasteiger partial charge >= 0.3 is 0 Å². The van der Waals surface area contributed by atoms with Crippen molar-refractivity contribution in [3.05, 3.63) is 59.7 Å². The van der Waals surface area contributed by atoms with Crippen LogP contribution in [0, 0.1) is 12.8 Å². The molecule has 1 aliphatic heterocycles. The maximum Gasteiger partial charge on any atom is 0.226 e. The van der Waals surface area contributed by atoms with E-state index in [-0.39, 0.29) is 23.8 Å². The van der Waals surface area contributed by atoms with Crippen LogP contribution < -0.4 is 4.72 Å². The molecule has 2 aromatic rings. The van der Waals surface area contributed by atoms with Gasteiger partial charge in [-0.15, -0.1) is 0 Å². The lowest BCUT2D eigenvalue weighted by Crippen LogP contribution is -2.49. The first-order valence-electron chi connectivity index (χ1n) is 10.2. The second-order valence-corrected chi connectivity index (χ2v) is 10.2. The highest BCUT2D eigenvalue weighted by Crippen LogP contribution is 2.51. The van der Waals surface area contributed by atoms with Crippen molar-refractivity contribution in [1.82, 2.24) is 9.62 Å². The van der Waals surface area contributed by atoms with E-state index >= 15 is 0 Å². The van der Waals surface area contributed by atoms with E-state index in [9.17, 15) is 13.2 Å². The highest BCUT2D eigenvalue weighted by Gasteiger charge is 2.47. The Labute approximate surface area is 173 Å². The number of amides is 1. The molecule has 154 valence electrons. The quantitative estimate of drug-likeness (QED) is 0.819. The molecule has 0 aromatic heterocycles. The van der Waals surface area contributed by atoms with Crippen LogP contribution in [-0.2, 0) is 14.8 Å². The zero-order valence-corrected chi connectivity index (χ0v) is 17.8. The molecule has 1 aliphatic carbocycles. The van der Waals surface area contributed by atoms with Gasteiger partial charge in [0, 0.05) is 25.0 Å². The van der Waals surface area contributed by atoms with E-state index in [0.29, 0.717) is 13.1 Å². The zero-order chi connectivity index (χ0) is 20.6. The van der Waals surface area contributed by atoms with Crippen molar-refractivity contribution >= 4 is 15.9 Å². The SMILES string of the molecule is Cc1ccc(-c2ccccc2C2CC2C(=O)N2CCCC(NS(C)(=O)=O)C2)cc1. The first-order valence-corrected chi connectivity index (χ1v) is 12.1. The Hall–Kier alpha value is -2.18. The molecule has 1 N–H and O–H groups in total. The van der Waals surface area contributed by atoms with E-state index in [1.807, 2.05) is 17.0 Å². The minimum Gasteiger partial charge on any atom is -0.341 e. The van der Waals surface area contributed by atoms with Crippen LogP contribution in [0.3, 0.4) is 0 Å². The van der Waals surface area contributed by atoms with Gasteiger partial charge in [0.25, 0.3) is 0 Å². The molecular formula is C23H28N2O3S. The maximum atomic E-state index is 13.1. The number of carbonyl (C=O) groups excluding carboxylic acids is 1. The number of hydrogen-bond donors (Lipinski definition) is 1. The van der Waals surface area contributed by atoms with Crippen molar-refractivity contribution in [2.75, 3.05) is 19.3 Å². The molecule has 2 fully saturated rings. The standard InChI is InChI=1S/C23H28N2O3S/c1-16-9-11-17(12-10-16)19-7-3-4-8-20(19)21-14-22(21)23(26)25-13-5-6-18(15-25)24-29(2,27)28/h3-4,7-12,18,21-22,24H,5-6,13-15H2,1-2H3. The van der Waals surface area contributed by atoms with Crippen molar-refractivity contribution in [3.8, 4) is 11.1 Å². The number of nitrogens with one attached hydrogen (secondary N) is 1. The third-order valence-corrected chi connectivity index (χ3v) is 6.71. The summed E-state index contributed by atoms with van der Waals surface area (Å²) in [6.07, 6.45) is 3.65. The number of piperidine rings is 1. The lowest BCUT2D eigenvalue weighted by Gasteiger charge is -2.33. The number of sulfonamides is 1. The molecule has 1 heterocycles. The number of likely N-dealkylation sites (tertiary alicyclic amines) is 1. The van der Waals surface area contributed by atoms with Crippen molar-refractivity contribution in [1.29, 1.82) is 0 Å². The minimum absolute atomic E-state index is 0.00131. The van der Waals surface area contributed by atoms with Crippen LogP contribution in [0.1, 0.15) is 36.3 Å². The van der Waals surface area contributed by atoms with Gasteiger partial charge in [0.15, 0.2) is 0 Å². The molecule has 3 unspecified atom stereocenters. The van der Waals surface area contributed by atoms with Gasteiger partial charge in [-0.3, -0.25) is 4.79 Å². The van der Waals surface area contributed by atoms with Gasteiger partial charge in [-0.05, 0) is 48.8 Å². The Morgan fingerprint density at radius 2 is 1.83 bits per heavy atom. The molecule has 5 nitrogen and oxygen atoms in total. The smallest absolute Gasteiger partial charge is 0.226 e. The van der Waals surface area contributed by atoms with Gasteiger partial charge in [-0.25, -0.2) is 13.1 Å². The summed E-state index contributed by atoms with van der Waals surface area (Å²) in [7, 11) is -3.26. The fraction of sp³-hybridized carbons (Fsp3) is 0.435. The fourth-order valence-corrected chi connectivity index (χ4v) is 5.24. The summed E-state index contributed by atoms with van der Waals surface area (Å²) < 4.78 is 25.7. The molecule has 29 heavy (non-hydrogen) atoms. The molecule has 1 saturated carbocycles. The number of aryl methyl sites for hydroxylation is 1. The number of benzene rings is 2. The van der Waals surface area contributed by atoms with Crippen molar-refractivity contribution in [2.45, 2.75) is 38.1 Å². The summed E-state index contributed by atoms with van der Waals surface area (Å²) >= 11 is 0. The summed E-state index contributed by atoms with van der Waals surface area (Å²) in [5, 5.41) is 0. The molecule has 3 atom stereocenters. The molecular weight excluding hydrogens is 384 g/mol. The average Bonchev–Trinajstić information content (AvgIpc) is 3.48. The molecule has 1 amide bonds. The normalized spacial score (nSPS) is 24.3. The van der Waals surface area contributed by atoms with Crippen LogP contribution >= 0.6 is 0 Å². The van der Waals surface area contributed by atoms with E-state index in [1.54, 1.807) is 0 Å². The van der Waals surface area contributed by atoms with Crippen LogP contribution in [0.4, 0.5) is 0 Å². The summed E-state index contributed by atoms with van der Waals surface area (Å²) in [6.45, 7) is 3.26. The number of nitrogens with zero attached hydrogens (tertiary/aromatic N) is 1. The topological polar surface area (TPSA) is 66.5 Å². The molecule has 0 radical (unpaired) electrons. The van der Waals surface area contributed by atoms with Gasteiger partial charge in [0.05, 0.1) is 6.26 Å². The zero-order valence-electron chi connectivity index (χ0n) is 17.0. The number of carbonyl (C=O) groups is 1. The van der Waals surface area contributed by atoms with E-state index in [0.717, 1.165) is 19.3 Å². The van der Waals surface area contributed by atoms with Crippen molar-refractivity contribution in [3.63, 3.8) is 0 Å². The van der Waals surface area contributed by atoms with Crippen molar-refractivity contribution in [2.24, 2.45) is 5.92 Å². The summed E-state index contributed by atoms with van der Waals surface area (Å²) in [5.74, 6) is 0.399. The highest BCUT2D eigenvalue weighted by atomic mass is 32.2. The van der Waals surface area contributed by atoms with Crippen LogP contribution in [0.5, 0.6) is 0 Å². The van der Waals surface area contributed by atoms with Gasteiger partial charge < -0.3 is 4.90 Å². The number of hydrogen-bond acceptors (Lipinski definition) is 3. The maximum absolute atomic E-state index is 13.1. The molecule has 0 spiro atoms. The average molecular weight is 413 g/mol. The summed E-state index contributed by atoms with van der Waals surface area (Å²) in [6, 6.07) is 16.7. The van der Waals surface area contributed by atoms with Gasteiger partial charge in [0.1, 0.15) is 0 Å². The highest BCUT2D eigenvalue weighted by molar-refractivity contribution is 7.88. The summed E-state index contributed by atoms with van der Waals surface area (Å²) in [4.78, 5) is 14.9. The second kappa shape index (κ2) is 7.92. The Bertz CT molecular complexity index is 1000. The third-order valence-electron chi connectivity index (χ3n) is 5.94. The van der Waals surface area contributed by atoms with E-state index in [4.69, 9.17) is 0 Å². The largest absolute Gasteiger partial charge is 0.341 e. The number of rotatable bonds is 5. The second-order valence-electron chi connectivity index (χ2n) is 8.42. The Kier molecular flexibility index (Phi) is 5.49. The van der Waals surface area contributed by atoms with Crippen LogP contribution in [0.15, 0.2) is 48.5 Å². The van der Waals surface area contributed by atoms with E-state index in [2.05, 4.69) is 48.0 Å². The van der Waals surface area contributed by atoms with Crippen LogP contribution in [0.2, 0.25) is 0 Å². The Morgan fingerprint density at radius 1 is 1.10 bits per heavy atom. The van der Waals surface area contributed by atoms with Gasteiger partial charge in [-0.2, -0.15) is 0 Å². The molecule has 2 aromatic carbocycles. The Balaban J connectivity index is 1.47. The molecule has 2 aliphatic rings. The monoisotopic (exact) mass is 412 g/mol. The Morgan fingerprint density at radius 3 is 2.55 bits per heavy atom. The van der Waals surface area contributed by atoms with Gasteiger partial charge in [0.2, 0.25) is 15.9 Å². The predicted octanol–water partition coefficient (Wildman–Crippen LogP) is 3.31.